The lowest BCUT2D eigenvalue weighted by Crippen LogP contribution is -2.34. The number of phosphoric acid groups is 3. The third-order valence-electron chi connectivity index (χ3n) is 4.67. The average Bonchev–Trinajstić information content (AvgIpc) is 3.02. The minimum Gasteiger partial charge on any atom is -0.390 e. The number of phosphoric ester groups is 1. The molecule has 0 bridgehead atoms. The predicted molar refractivity (Wildman–Crippen MR) is 114 cm³/mol. The topological polar surface area (TPSA) is 244 Å². The molecule has 2 unspecified atom stereocenters. The van der Waals surface area contributed by atoms with E-state index in [-0.39, 0.29) is 6.42 Å². The van der Waals surface area contributed by atoms with Crippen LogP contribution >= 0.6 is 23.5 Å². The molecule has 1 aromatic heterocycles. The SMILES string of the molecule is CCCCCCc1cn([C@H]2C[C@H](O)[C@@H](COP(=O)(O)OP(=O)(O)OP(=O)(O)O)O2)c(=O)[nH]c1=O. The van der Waals surface area contributed by atoms with E-state index in [0.29, 0.717) is 12.0 Å². The molecule has 196 valence electrons. The Morgan fingerprint density at radius 2 is 1.76 bits per heavy atom. The molecule has 2 heterocycles. The van der Waals surface area contributed by atoms with E-state index in [1.54, 1.807) is 0 Å². The normalized spacial score (nSPS) is 24.6. The fourth-order valence-corrected chi connectivity index (χ4v) is 6.20. The maximum atomic E-state index is 12.2. The first-order valence-electron chi connectivity index (χ1n) is 10.1. The van der Waals surface area contributed by atoms with Crippen molar-refractivity contribution in [3.63, 3.8) is 0 Å². The lowest BCUT2D eigenvalue weighted by atomic mass is 10.1. The standard InChI is InChI=1S/C15H27N2O14P3/c1-2-3-4-5-6-10-8-17(15(20)16-14(10)19)13-7-11(18)12(29-13)9-28-33(24,25)31-34(26,27)30-32(21,22)23/h8,11-13,18H,2-7,9H2,1H3,(H,24,25)(H,26,27)(H,16,19,20)(H2,21,22,23)/t11-,12+,13+/m0/s1. The second kappa shape index (κ2) is 11.8. The van der Waals surface area contributed by atoms with E-state index in [1.165, 1.54) is 6.20 Å². The van der Waals surface area contributed by atoms with Crippen molar-refractivity contribution in [1.29, 1.82) is 0 Å². The quantitative estimate of drug-likeness (QED) is 0.145. The third-order valence-corrected chi connectivity index (χ3v) is 8.48. The van der Waals surface area contributed by atoms with Gasteiger partial charge in [-0.2, -0.15) is 8.62 Å². The Kier molecular flexibility index (Phi) is 10.2. The Labute approximate surface area is 192 Å². The molecule has 0 saturated carbocycles. The van der Waals surface area contributed by atoms with E-state index in [9.17, 15) is 33.3 Å². The van der Waals surface area contributed by atoms with E-state index in [1.807, 2.05) is 6.92 Å². The summed E-state index contributed by atoms with van der Waals surface area (Å²) in [6.45, 7) is 1.17. The number of aliphatic hydroxyl groups is 1. The Morgan fingerprint density at radius 1 is 1.09 bits per heavy atom. The van der Waals surface area contributed by atoms with Gasteiger partial charge in [0.15, 0.2) is 0 Å². The molecule has 0 aromatic carbocycles. The van der Waals surface area contributed by atoms with Gasteiger partial charge in [-0.05, 0) is 12.8 Å². The lowest BCUT2D eigenvalue weighted by molar-refractivity contribution is -0.0450. The van der Waals surface area contributed by atoms with Crippen LogP contribution in [0.25, 0.3) is 0 Å². The van der Waals surface area contributed by atoms with Crippen LogP contribution in [-0.4, -0.2) is 53.0 Å². The second-order valence-corrected chi connectivity index (χ2v) is 11.9. The summed E-state index contributed by atoms with van der Waals surface area (Å²) < 4.78 is 52.0. The molecule has 1 saturated heterocycles. The highest BCUT2D eigenvalue weighted by atomic mass is 31.3. The summed E-state index contributed by atoms with van der Waals surface area (Å²) in [5, 5.41) is 10.2. The summed E-state index contributed by atoms with van der Waals surface area (Å²) in [6, 6.07) is 0. The zero-order chi connectivity index (χ0) is 25.7. The molecule has 1 aliphatic heterocycles. The van der Waals surface area contributed by atoms with Crippen LogP contribution in [0.4, 0.5) is 0 Å². The molecule has 0 aliphatic carbocycles. The Hall–Kier alpha value is -0.990. The number of nitrogens with one attached hydrogen (secondary N) is 1. The largest absolute Gasteiger partial charge is 0.490 e. The average molecular weight is 552 g/mol. The van der Waals surface area contributed by atoms with Crippen molar-refractivity contribution in [3.8, 4) is 0 Å². The first-order valence-corrected chi connectivity index (χ1v) is 14.6. The van der Waals surface area contributed by atoms with Crippen LogP contribution in [0.2, 0.25) is 0 Å². The summed E-state index contributed by atoms with van der Waals surface area (Å²) in [7, 11) is -16.6. The van der Waals surface area contributed by atoms with E-state index in [2.05, 4.69) is 18.1 Å². The fourth-order valence-electron chi connectivity index (χ4n) is 3.17. The minimum absolute atomic E-state index is 0.161. The van der Waals surface area contributed by atoms with Crippen LogP contribution in [0, 0.1) is 0 Å². The number of hydrogen-bond donors (Lipinski definition) is 6. The predicted octanol–water partition coefficient (Wildman–Crippen LogP) is 0.651. The Morgan fingerprint density at radius 3 is 2.38 bits per heavy atom. The van der Waals surface area contributed by atoms with Crippen LogP contribution in [0.1, 0.15) is 50.8 Å². The van der Waals surface area contributed by atoms with Gasteiger partial charge in [0.25, 0.3) is 5.56 Å². The van der Waals surface area contributed by atoms with E-state index in [0.717, 1.165) is 30.3 Å². The van der Waals surface area contributed by atoms with Gasteiger partial charge >= 0.3 is 29.2 Å². The van der Waals surface area contributed by atoms with Gasteiger partial charge in [-0.25, -0.2) is 18.5 Å². The molecule has 1 aromatic rings. The molecule has 0 spiro atoms. The monoisotopic (exact) mass is 552 g/mol. The van der Waals surface area contributed by atoms with Crippen LogP contribution in [0.5, 0.6) is 0 Å². The van der Waals surface area contributed by atoms with Crippen LogP contribution in [0.3, 0.4) is 0 Å². The van der Waals surface area contributed by atoms with E-state index < -0.39 is 59.8 Å². The highest BCUT2D eigenvalue weighted by molar-refractivity contribution is 7.66. The summed E-state index contributed by atoms with van der Waals surface area (Å²) >= 11 is 0. The lowest BCUT2D eigenvalue weighted by Gasteiger charge is -2.19. The highest BCUT2D eigenvalue weighted by Gasteiger charge is 2.43. The molecule has 19 heteroatoms. The maximum Gasteiger partial charge on any atom is 0.490 e. The Balaban J connectivity index is 2.03. The van der Waals surface area contributed by atoms with Crippen LogP contribution in [-0.2, 0) is 38.0 Å². The number of aryl methyl sites for hydroxylation is 1. The second-order valence-electron chi connectivity index (χ2n) is 7.45. The third kappa shape index (κ3) is 9.23. The van der Waals surface area contributed by atoms with Crippen molar-refractivity contribution in [2.75, 3.05) is 6.61 Å². The van der Waals surface area contributed by atoms with Gasteiger partial charge in [-0.15, -0.1) is 0 Å². The van der Waals surface area contributed by atoms with Gasteiger partial charge in [-0.3, -0.25) is 18.9 Å². The van der Waals surface area contributed by atoms with Gasteiger partial charge in [-0.1, -0.05) is 26.2 Å². The maximum absolute atomic E-state index is 12.2. The van der Waals surface area contributed by atoms with Crippen molar-refractivity contribution in [3.05, 3.63) is 32.6 Å². The summed E-state index contributed by atoms with van der Waals surface area (Å²) in [4.78, 5) is 62.2. The molecule has 2 rings (SSSR count). The molecular weight excluding hydrogens is 525 g/mol. The number of aromatic amines is 1. The molecule has 16 nitrogen and oxygen atoms in total. The number of aliphatic hydroxyl groups excluding tert-OH is 1. The number of aromatic nitrogens is 2. The van der Waals surface area contributed by atoms with Gasteiger partial charge in [0.05, 0.1) is 12.7 Å². The molecule has 1 fully saturated rings. The molecule has 5 atom stereocenters. The number of H-pyrrole nitrogens is 1. The van der Waals surface area contributed by atoms with Gasteiger partial charge in [0, 0.05) is 18.2 Å². The summed E-state index contributed by atoms with van der Waals surface area (Å²) in [5.74, 6) is 0. The van der Waals surface area contributed by atoms with Crippen molar-refractivity contribution < 1.29 is 56.3 Å². The zero-order valence-electron chi connectivity index (χ0n) is 18.0. The minimum atomic E-state index is -5.69. The number of nitrogens with zero attached hydrogens (tertiary/aromatic N) is 1. The van der Waals surface area contributed by atoms with Gasteiger partial charge in [0.1, 0.15) is 12.3 Å². The smallest absolute Gasteiger partial charge is 0.390 e. The summed E-state index contributed by atoms with van der Waals surface area (Å²) in [6.07, 6.45) is 1.51. The molecule has 34 heavy (non-hydrogen) atoms. The highest BCUT2D eigenvalue weighted by Crippen LogP contribution is 2.66. The van der Waals surface area contributed by atoms with E-state index in [4.69, 9.17) is 19.4 Å². The molecule has 6 N–H and O–H groups in total. The Bertz CT molecular complexity index is 1100. The first kappa shape index (κ1) is 29.2. The van der Waals surface area contributed by atoms with Crippen molar-refractivity contribution in [2.45, 2.75) is 63.9 Å². The van der Waals surface area contributed by atoms with Crippen molar-refractivity contribution in [1.82, 2.24) is 9.55 Å². The number of hydrogen-bond acceptors (Lipinski definition) is 10. The number of rotatable bonds is 13. The molecule has 0 radical (unpaired) electrons. The number of ether oxygens (including phenoxy) is 1. The fraction of sp³-hybridized carbons (Fsp3) is 0.733. The van der Waals surface area contributed by atoms with Crippen LogP contribution < -0.4 is 11.2 Å². The van der Waals surface area contributed by atoms with Gasteiger partial charge < -0.3 is 29.4 Å². The zero-order valence-corrected chi connectivity index (χ0v) is 20.6. The molecule has 0 amide bonds. The number of unbranched alkanes of at least 4 members (excludes halogenated alkanes) is 3. The first-order chi connectivity index (χ1) is 15.6. The molecule has 1 aliphatic rings. The van der Waals surface area contributed by atoms with Crippen molar-refractivity contribution in [2.24, 2.45) is 0 Å². The summed E-state index contributed by atoms with van der Waals surface area (Å²) in [5.41, 5.74) is -1.00. The molecular formula is C15H27N2O14P3. The van der Waals surface area contributed by atoms with E-state index >= 15 is 0 Å². The van der Waals surface area contributed by atoms with Crippen LogP contribution in [0.15, 0.2) is 15.8 Å². The van der Waals surface area contributed by atoms with Crippen molar-refractivity contribution >= 4 is 23.5 Å². The van der Waals surface area contributed by atoms with Gasteiger partial charge in [0.2, 0.25) is 0 Å².